The van der Waals surface area contributed by atoms with Gasteiger partial charge in [0.15, 0.2) is 0 Å². The summed E-state index contributed by atoms with van der Waals surface area (Å²) in [7, 11) is 0. The van der Waals surface area contributed by atoms with Crippen LogP contribution in [0.5, 0.6) is 0 Å². The lowest BCUT2D eigenvalue weighted by molar-refractivity contribution is -0.126. The van der Waals surface area contributed by atoms with E-state index in [1.807, 2.05) is 13.8 Å². The van der Waals surface area contributed by atoms with E-state index in [9.17, 15) is 9.59 Å². The average molecular weight is 250 g/mol. The standard InChI is InChI=1S/C10H19N3O2.ClH/c1-6(2)9(11)10(15)13-7-3-4-8(14)12-5-7;/h6-7,9H,3-5,11H2,1-2H3,(H,12,14)(H,13,15);1H/t7?,9-;/m0./s1. The Labute approximate surface area is 102 Å². The van der Waals surface area contributed by atoms with Crippen LogP contribution in [0.4, 0.5) is 0 Å². The molecule has 1 heterocycles. The maximum absolute atomic E-state index is 11.6. The van der Waals surface area contributed by atoms with Crippen LogP contribution >= 0.6 is 12.4 Å². The van der Waals surface area contributed by atoms with Crippen LogP contribution in [0.1, 0.15) is 26.7 Å². The largest absolute Gasteiger partial charge is 0.354 e. The van der Waals surface area contributed by atoms with E-state index in [-0.39, 0.29) is 36.2 Å². The van der Waals surface area contributed by atoms with E-state index >= 15 is 0 Å². The maximum atomic E-state index is 11.6. The van der Waals surface area contributed by atoms with Crippen molar-refractivity contribution in [3.05, 3.63) is 0 Å². The quantitative estimate of drug-likeness (QED) is 0.647. The Morgan fingerprint density at radius 3 is 2.62 bits per heavy atom. The molecule has 1 aliphatic rings. The van der Waals surface area contributed by atoms with Crippen LogP contribution in [-0.4, -0.2) is 30.4 Å². The molecule has 0 radical (unpaired) electrons. The fraction of sp³-hybridized carbons (Fsp3) is 0.800. The minimum absolute atomic E-state index is 0. The highest BCUT2D eigenvalue weighted by Crippen LogP contribution is 2.04. The Morgan fingerprint density at radius 1 is 1.56 bits per heavy atom. The molecule has 1 rings (SSSR count). The molecular formula is C10H20ClN3O2. The topological polar surface area (TPSA) is 84.2 Å². The van der Waals surface area contributed by atoms with E-state index in [1.54, 1.807) is 0 Å². The molecule has 0 aromatic heterocycles. The third-order valence-corrected chi connectivity index (χ3v) is 2.63. The van der Waals surface area contributed by atoms with Gasteiger partial charge in [0, 0.05) is 19.0 Å². The molecule has 0 saturated carbocycles. The zero-order chi connectivity index (χ0) is 11.4. The Bertz CT molecular complexity index is 248. The molecule has 1 fully saturated rings. The number of hydrogen-bond acceptors (Lipinski definition) is 3. The molecule has 4 N–H and O–H groups in total. The van der Waals surface area contributed by atoms with Crippen LogP contribution in [0.15, 0.2) is 0 Å². The van der Waals surface area contributed by atoms with Crippen LogP contribution in [0, 0.1) is 5.92 Å². The lowest BCUT2D eigenvalue weighted by Crippen LogP contribution is -2.53. The first-order valence-electron chi connectivity index (χ1n) is 5.33. The van der Waals surface area contributed by atoms with Crippen LogP contribution in [0.3, 0.4) is 0 Å². The predicted molar refractivity (Wildman–Crippen MR) is 64.2 cm³/mol. The SMILES string of the molecule is CC(C)[C@H](N)C(=O)NC1CCC(=O)NC1.Cl. The van der Waals surface area contributed by atoms with Gasteiger partial charge in [-0.25, -0.2) is 0 Å². The van der Waals surface area contributed by atoms with E-state index in [4.69, 9.17) is 5.73 Å². The van der Waals surface area contributed by atoms with Crippen LogP contribution in [0.2, 0.25) is 0 Å². The van der Waals surface area contributed by atoms with Crippen LogP contribution in [-0.2, 0) is 9.59 Å². The van der Waals surface area contributed by atoms with Crippen molar-refractivity contribution >= 4 is 24.2 Å². The first kappa shape index (κ1) is 15.2. The third-order valence-electron chi connectivity index (χ3n) is 2.63. The molecule has 6 heteroatoms. The molecule has 1 saturated heterocycles. The number of rotatable bonds is 3. The van der Waals surface area contributed by atoms with Crippen LogP contribution < -0.4 is 16.4 Å². The number of amides is 2. The van der Waals surface area contributed by atoms with Crippen molar-refractivity contribution in [2.24, 2.45) is 11.7 Å². The van der Waals surface area contributed by atoms with Crippen molar-refractivity contribution < 1.29 is 9.59 Å². The van der Waals surface area contributed by atoms with E-state index in [1.165, 1.54) is 0 Å². The average Bonchev–Trinajstić information content (AvgIpc) is 2.20. The molecule has 0 spiro atoms. The number of piperidine rings is 1. The zero-order valence-electron chi connectivity index (χ0n) is 9.66. The molecular weight excluding hydrogens is 230 g/mol. The monoisotopic (exact) mass is 249 g/mol. The first-order valence-corrected chi connectivity index (χ1v) is 5.33. The van der Waals surface area contributed by atoms with Gasteiger partial charge in [-0.1, -0.05) is 13.8 Å². The summed E-state index contributed by atoms with van der Waals surface area (Å²) in [5.41, 5.74) is 5.71. The van der Waals surface area contributed by atoms with Crippen molar-refractivity contribution in [3.63, 3.8) is 0 Å². The van der Waals surface area contributed by atoms with Gasteiger partial charge >= 0.3 is 0 Å². The normalized spacial score (nSPS) is 22.0. The molecule has 0 aromatic rings. The summed E-state index contributed by atoms with van der Waals surface area (Å²) in [4.78, 5) is 22.5. The summed E-state index contributed by atoms with van der Waals surface area (Å²) in [5, 5.41) is 5.55. The maximum Gasteiger partial charge on any atom is 0.237 e. The van der Waals surface area contributed by atoms with Crippen LogP contribution in [0.25, 0.3) is 0 Å². The summed E-state index contributed by atoms with van der Waals surface area (Å²) in [6, 6.07) is -0.442. The summed E-state index contributed by atoms with van der Waals surface area (Å²) in [5.74, 6) is 0.0444. The van der Waals surface area contributed by atoms with Gasteiger partial charge in [0.05, 0.1) is 6.04 Å². The second-order valence-corrected chi connectivity index (χ2v) is 4.32. The number of carbonyl (C=O) groups is 2. The number of carbonyl (C=O) groups excluding carboxylic acids is 2. The number of nitrogens with two attached hydrogens (primary N) is 1. The predicted octanol–water partition coefficient (Wildman–Crippen LogP) is -0.214. The van der Waals surface area contributed by atoms with Crippen molar-refractivity contribution in [2.75, 3.05) is 6.54 Å². The number of nitrogens with one attached hydrogen (secondary N) is 2. The second kappa shape index (κ2) is 6.70. The van der Waals surface area contributed by atoms with Gasteiger partial charge in [0.2, 0.25) is 11.8 Å². The Morgan fingerprint density at radius 2 is 2.19 bits per heavy atom. The molecule has 94 valence electrons. The Kier molecular flexibility index (Phi) is 6.36. The van der Waals surface area contributed by atoms with Gasteiger partial charge < -0.3 is 16.4 Å². The van der Waals surface area contributed by atoms with Gasteiger partial charge in [-0.15, -0.1) is 12.4 Å². The van der Waals surface area contributed by atoms with Gasteiger partial charge in [-0.3, -0.25) is 9.59 Å². The number of hydrogen-bond donors (Lipinski definition) is 3. The second-order valence-electron chi connectivity index (χ2n) is 4.32. The van der Waals surface area contributed by atoms with E-state index < -0.39 is 6.04 Å². The van der Waals surface area contributed by atoms with Gasteiger partial charge in [-0.05, 0) is 12.3 Å². The molecule has 2 atom stereocenters. The molecule has 5 nitrogen and oxygen atoms in total. The smallest absolute Gasteiger partial charge is 0.237 e. The fourth-order valence-electron chi connectivity index (χ4n) is 1.46. The summed E-state index contributed by atoms with van der Waals surface area (Å²) in [6.07, 6.45) is 1.17. The molecule has 1 aliphatic heterocycles. The van der Waals surface area contributed by atoms with Crippen molar-refractivity contribution in [3.8, 4) is 0 Å². The Balaban J connectivity index is 0.00000225. The van der Waals surface area contributed by atoms with E-state index in [2.05, 4.69) is 10.6 Å². The summed E-state index contributed by atoms with van der Waals surface area (Å²) >= 11 is 0. The van der Waals surface area contributed by atoms with Gasteiger partial charge in [0.25, 0.3) is 0 Å². The first-order chi connectivity index (χ1) is 7.00. The van der Waals surface area contributed by atoms with Crippen molar-refractivity contribution in [1.29, 1.82) is 0 Å². The molecule has 16 heavy (non-hydrogen) atoms. The van der Waals surface area contributed by atoms with Crippen molar-refractivity contribution in [2.45, 2.75) is 38.8 Å². The number of halogens is 1. The molecule has 1 unspecified atom stereocenters. The molecule has 0 aliphatic carbocycles. The highest BCUT2D eigenvalue weighted by Gasteiger charge is 2.23. The zero-order valence-corrected chi connectivity index (χ0v) is 10.5. The molecule has 0 bridgehead atoms. The van der Waals surface area contributed by atoms with Gasteiger partial charge in [0.1, 0.15) is 0 Å². The summed E-state index contributed by atoms with van der Waals surface area (Å²) < 4.78 is 0. The molecule has 0 aromatic carbocycles. The Hall–Kier alpha value is -0.810. The minimum Gasteiger partial charge on any atom is -0.354 e. The fourth-order valence-corrected chi connectivity index (χ4v) is 1.46. The molecule has 2 amide bonds. The third kappa shape index (κ3) is 4.37. The summed E-state index contributed by atoms with van der Waals surface area (Å²) in [6.45, 7) is 4.33. The van der Waals surface area contributed by atoms with Gasteiger partial charge in [-0.2, -0.15) is 0 Å². The van der Waals surface area contributed by atoms with E-state index in [0.29, 0.717) is 19.4 Å². The lowest BCUT2D eigenvalue weighted by atomic mass is 10.0. The van der Waals surface area contributed by atoms with Crippen molar-refractivity contribution in [1.82, 2.24) is 10.6 Å². The lowest BCUT2D eigenvalue weighted by Gasteiger charge is -2.25. The highest BCUT2D eigenvalue weighted by atomic mass is 35.5. The highest BCUT2D eigenvalue weighted by molar-refractivity contribution is 5.85. The minimum atomic E-state index is -0.470. The van der Waals surface area contributed by atoms with E-state index in [0.717, 1.165) is 0 Å².